The summed E-state index contributed by atoms with van der Waals surface area (Å²) < 4.78 is 27.2. The summed E-state index contributed by atoms with van der Waals surface area (Å²) in [6, 6.07) is 3.47. The van der Waals surface area contributed by atoms with E-state index < -0.39 is 25.5 Å². The highest BCUT2D eigenvalue weighted by molar-refractivity contribution is 7.89. The number of nitro benzene ring substituents is 1. The normalized spacial score (nSPS) is 14.7. The van der Waals surface area contributed by atoms with Crippen LogP contribution in [0.5, 0.6) is 0 Å². The Kier molecular flexibility index (Phi) is 5.76. The Morgan fingerprint density at radius 2 is 2.08 bits per heavy atom. The molecule has 11 heteroatoms. The molecule has 0 bridgehead atoms. The van der Waals surface area contributed by atoms with Crippen LogP contribution in [0.15, 0.2) is 28.5 Å². The van der Waals surface area contributed by atoms with Crippen LogP contribution in [0.4, 0.5) is 10.8 Å². The molecule has 0 amide bonds. The summed E-state index contributed by atoms with van der Waals surface area (Å²) in [6.45, 7) is 2.10. The van der Waals surface area contributed by atoms with Crippen LogP contribution in [-0.2, 0) is 16.4 Å². The summed E-state index contributed by atoms with van der Waals surface area (Å²) in [4.78, 5) is 16.7. The summed E-state index contributed by atoms with van der Waals surface area (Å²) in [5.74, 6) is 0. The van der Waals surface area contributed by atoms with E-state index in [0.29, 0.717) is 6.42 Å². The third-order valence-corrected chi connectivity index (χ3v) is 6.69. The Labute approximate surface area is 160 Å². The topological polar surface area (TPSA) is 105 Å². The van der Waals surface area contributed by atoms with Crippen molar-refractivity contribution in [2.75, 3.05) is 24.5 Å². The lowest BCUT2D eigenvalue weighted by atomic mass is 10.3. The highest BCUT2D eigenvalue weighted by Crippen LogP contribution is 2.27. The van der Waals surface area contributed by atoms with Crippen molar-refractivity contribution in [3.63, 3.8) is 0 Å². The lowest BCUT2D eigenvalue weighted by Crippen LogP contribution is -2.26. The van der Waals surface area contributed by atoms with Crippen LogP contribution in [0, 0.1) is 10.1 Å². The van der Waals surface area contributed by atoms with E-state index in [1.807, 2.05) is 5.38 Å². The smallest absolute Gasteiger partial charge is 0.290 e. The van der Waals surface area contributed by atoms with Gasteiger partial charge in [-0.2, -0.15) is 0 Å². The first-order valence-corrected chi connectivity index (χ1v) is 10.7. The molecule has 1 aromatic heterocycles. The molecule has 1 fully saturated rings. The van der Waals surface area contributed by atoms with Gasteiger partial charge in [0.15, 0.2) is 10.0 Å². The molecule has 0 unspecified atom stereocenters. The first-order chi connectivity index (χ1) is 12.4. The van der Waals surface area contributed by atoms with Crippen molar-refractivity contribution >= 4 is 43.8 Å². The van der Waals surface area contributed by atoms with E-state index in [9.17, 15) is 18.5 Å². The third-order valence-electron chi connectivity index (χ3n) is 4.00. The fourth-order valence-electron chi connectivity index (χ4n) is 2.72. The number of hydrogen-bond donors (Lipinski definition) is 1. The average Bonchev–Trinajstić information content (AvgIpc) is 3.25. The fraction of sp³-hybridized carbons (Fsp3) is 0.400. The maximum atomic E-state index is 12.4. The third kappa shape index (κ3) is 4.32. The number of nitrogens with one attached hydrogen (secondary N) is 1. The highest BCUT2D eigenvalue weighted by Gasteiger charge is 2.25. The van der Waals surface area contributed by atoms with E-state index in [4.69, 9.17) is 11.6 Å². The molecule has 1 aliphatic rings. The standard InChI is InChI=1S/C15H17ClN4O4S2/c16-11-3-4-14(13(9-11)20(21)22)26(23,24)17-6-5-12-10-25-15(18-12)19-7-1-2-8-19/h3-4,9-10,17H,1-2,5-8H2. The number of aromatic nitrogens is 1. The van der Waals surface area contributed by atoms with Crippen molar-refractivity contribution in [1.29, 1.82) is 0 Å². The number of nitrogens with zero attached hydrogens (tertiary/aromatic N) is 3. The van der Waals surface area contributed by atoms with Gasteiger partial charge in [0, 0.05) is 42.5 Å². The van der Waals surface area contributed by atoms with E-state index >= 15 is 0 Å². The van der Waals surface area contributed by atoms with E-state index in [2.05, 4.69) is 14.6 Å². The number of anilines is 1. The molecule has 0 spiro atoms. The van der Waals surface area contributed by atoms with Crippen LogP contribution in [0.2, 0.25) is 5.02 Å². The molecular weight excluding hydrogens is 400 g/mol. The fourth-order valence-corrected chi connectivity index (χ4v) is 4.98. The Morgan fingerprint density at radius 1 is 1.35 bits per heavy atom. The second-order valence-electron chi connectivity index (χ2n) is 5.83. The Bertz CT molecular complexity index is 910. The minimum atomic E-state index is -4.02. The number of sulfonamides is 1. The molecule has 1 aromatic carbocycles. The molecular formula is C15H17ClN4O4S2. The van der Waals surface area contributed by atoms with E-state index in [0.717, 1.165) is 48.9 Å². The zero-order chi connectivity index (χ0) is 18.7. The number of benzene rings is 1. The van der Waals surface area contributed by atoms with Gasteiger partial charge in [0.1, 0.15) is 0 Å². The second-order valence-corrected chi connectivity index (χ2v) is 8.84. The van der Waals surface area contributed by atoms with Gasteiger partial charge < -0.3 is 4.90 Å². The van der Waals surface area contributed by atoms with Gasteiger partial charge in [-0.05, 0) is 25.0 Å². The van der Waals surface area contributed by atoms with E-state index in [1.165, 1.54) is 6.07 Å². The Hall–Kier alpha value is -1.75. The van der Waals surface area contributed by atoms with Crippen molar-refractivity contribution in [2.45, 2.75) is 24.2 Å². The highest BCUT2D eigenvalue weighted by atomic mass is 35.5. The molecule has 2 aromatic rings. The van der Waals surface area contributed by atoms with Gasteiger partial charge in [-0.3, -0.25) is 10.1 Å². The summed E-state index contributed by atoms with van der Waals surface area (Å²) >= 11 is 7.26. The molecule has 0 saturated carbocycles. The molecule has 0 aliphatic carbocycles. The molecule has 0 atom stereocenters. The van der Waals surface area contributed by atoms with Crippen LogP contribution in [-0.4, -0.2) is 38.0 Å². The summed E-state index contributed by atoms with van der Waals surface area (Å²) in [5, 5.41) is 14.1. The average molecular weight is 417 g/mol. The van der Waals surface area contributed by atoms with E-state index in [-0.39, 0.29) is 11.6 Å². The van der Waals surface area contributed by atoms with Gasteiger partial charge >= 0.3 is 0 Å². The monoisotopic (exact) mass is 416 g/mol. The zero-order valence-corrected chi connectivity index (χ0v) is 16.1. The predicted molar refractivity (Wildman–Crippen MR) is 101 cm³/mol. The lowest BCUT2D eigenvalue weighted by Gasteiger charge is -2.12. The van der Waals surface area contributed by atoms with Crippen molar-refractivity contribution in [1.82, 2.24) is 9.71 Å². The Morgan fingerprint density at radius 3 is 2.77 bits per heavy atom. The first-order valence-electron chi connectivity index (χ1n) is 8.00. The Balaban J connectivity index is 1.65. The number of nitro groups is 1. The van der Waals surface area contributed by atoms with Crippen molar-refractivity contribution < 1.29 is 13.3 Å². The van der Waals surface area contributed by atoms with Crippen LogP contribution in [0.1, 0.15) is 18.5 Å². The minimum Gasteiger partial charge on any atom is -0.348 e. The number of thiazole rings is 1. The van der Waals surface area contributed by atoms with Gasteiger partial charge in [-0.1, -0.05) is 11.6 Å². The molecule has 1 N–H and O–H groups in total. The maximum Gasteiger partial charge on any atom is 0.290 e. The molecule has 1 aliphatic heterocycles. The molecule has 26 heavy (non-hydrogen) atoms. The second kappa shape index (κ2) is 7.87. The maximum absolute atomic E-state index is 12.4. The van der Waals surface area contributed by atoms with Crippen LogP contribution >= 0.6 is 22.9 Å². The molecule has 8 nitrogen and oxygen atoms in total. The van der Waals surface area contributed by atoms with Crippen LogP contribution < -0.4 is 9.62 Å². The van der Waals surface area contributed by atoms with Crippen LogP contribution in [0.3, 0.4) is 0 Å². The largest absolute Gasteiger partial charge is 0.348 e. The van der Waals surface area contributed by atoms with E-state index in [1.54, 1.807) is 11.3 Å². The summed E-state index contributed by atoms with van der Waals surface area (Å²) in [6.07, 6.45) is 2.73. The zero-order valence-electron chi connectivity index (χ0n) is 13.7. The lowest BCUT2D eigenvalue weighted by molar-refractivity contribution is -0.387. The van der Waals surface area contributed by atoms with Gasteiger partial charge in [-0.15, -0.1) is 11.3 Å². The summed E-state index contributed by atoms with van der Waals surface area (Å²) in [7, 11) is -4.02. The SMILES string of the molecule is O=[N+]([O-])c1cc(Cl)ccc1S(=O)(=O)NCCc1csc(N2CCCC2)n1. The van der Waals surface area contributed by atoms with Crippen molar-refractivity contribution in [3.05, 3.63) is 44.4 Å². The van der Waals surface area contributed by atoms with Gasteiger partial charge in [0.2, 0.25) is 10.0 Å². The van der Waals surface area contributed by atoms with Crippen molar-refractivity contribution in [3.8, 4) is 0 Å². The predicted octanol–water partition coefficient (Wildman–Crippen LogP) is 2.83. The van der Waals surface area contributed by atoms with Gasteiger partial charge in [0.05, 0.1) is 10.6 Å². The van der Waals surface area contributed by atoms with Gasteiger partial charge in [0.25, 0.3) is 5.69 Å². The van der Waals surface area contributed by atoms with Gasteiger partial charge in [-0.25, -0.2) is 18.1 Å². The molecule has 2 heterocycles. The van der Waals surface area contributed by atoms with Crippen LogP contribution in [0.25, 0.3) is 0 Å². The molecule has 0 radical (unpaired) electrons. The molecule has 1 saturated heterocycles. The minimum absolute atomic E-state index is 0.102. The first kappa shape index (κ1) is 19.0. The molecule has 140 valence electrons. The summed E-state index contributed by atoms with van der Waals surface area (Å²) in [5.41, 5.74) is 0.250. The number of rotatable bonds is 7. The van der Waals surface area contributed by atoms with Crippen molar-refractivity contribution in [2.24, 2.45) is 0 Å². The number of hydrogen-bond acceptors (Lipinski definition) is 7. The number of halogens is 1. The molecule has 3 rings (SSSR count). The quantitative estimate of drug-likeness (QED) is 0.549.